The zero-order valence-electron chi connectivity index (χ0n) is 8.34. The lowest BCUT2D eigenvalue weighted by Crippen LogP contribution is -2.01. The molecule has 84 valence electrons. The molecule has 1 aromatic carbocycles. The molecule has 0 aliphatic rings. The Bertz CT molecular complexity index is 498. The molecule has 0 atom stereocenters. The highest BCUT2D eigenvalue weighted by molar-refractivity contribution is 7.10. The number of rotatable bonds is 3. The van der Waals surface area contributed by atoms with Crippen LogP contribution in [-0.2, 0) is 6.54 Å². The molecular formula is C11H10ClFN2S. The standard InChI is InChI=1S/C11H10ClFN2S/c12-7-2-1-3-9(11(7)13)15-6-10-8(14)4-5-16-10/h1-5,15H,6,14H2. The lowest BCUT2D eigenvalue weighted by molar-refractivity contribution is 0.630. The zero-order valence-corrected chi connectivity index (χ0v) is 9.91. The molecule has 0 aliphatic heterocycles. The lowest BCUT2D eigenvalue weighted by Gasteiger charge is -2.07. The molecule has 0 spiro atoms. The fraction of sp³-hybridized carbons (Fsp3) is 0.0909. The van der Waals surface area contributed by atoms with Crippen molar-refractivity contribution in [3.8, 4) is 0 Å². The third kappa shape index (κ3) is 2.28. The summed E-state index contributed by atoms with van der Waals surface area (Å²) in [6.45, 7) is 0.501. The van der Waals surface area contributed by atoms with Crippen molar-refractivity contribution in [2.75, 3.05) is 11.1 Å². The Kier molecular flexibility index (Phi) is 3.31. The van der Waals surface area contributed by atoms with Crippen LogP contribution in [0.2, 0.25) is 5.02 Å². The summed E-state index contributed by atoms with van der Waals surface area (Å²) in [7, 11) is 0. The van der Waals surface area contributed by atoms with Crippen LogP contribution in [0.5, 0.6) is 0 Å². The first-order valence-corrected chi connectivity index (χ1v) is 5.94. The van der Waals surface area contributed by atoms with Crippen LogP contribution in [0.3, 0.4) is 0 Å². The second-order valence-electron chi connectivity index (χ2n) is 3.25. The summed E-state index contributed by atoms with van der Waals surface area (Å²) >= 11 is 7.20. The zero-order chi connectivity index (χ0) is 11.5. The van der Waals surface area contributed by atoms with E-state index in [2.05, 4.69) is 5.32 Å². The van der Waals surface area contributed by atoms with Crippen molar-refractivity contribution in [1.29, 1.82) is 0 Å². The normalized spacial score (nSPS) is 10.4. The van der Waals surface area contributed by atoms with Gasteiger partial charge in [-0.15, -0.1) is 11.3 Å². The van der Waals surface area contributed by atoms with E-state index in [0.29, 0.717) is 12.2 Å². The summed E-state index contributed by atoms with van der Waals surface area (Å²) in [5.41, 5.74) is 6.83. The number of benzene rings is 1. The first-order valence-electron chi connectivity index (χ1n) is 4.68. The molecule has 16 heavy (non-hydrogen) atoms. The van der Waals surface area contributed by atoms with Gasteiger partial charge in [0.05, 0.1) is 17.3 Å². The second-order valence-corrected chi connectivity index (χ2v) is 4.66. The first-order chi connectivity index (χ1) is 7.68. The van der Waals surface area contributed by atoms with E-state index in [1.54, 1.807) is 12.1 Å². The molecular weight excluding hydrogens is 247 g/mol. The molecule has 3 N–H and O–H groups in total. The van der Waals surface area contributed by atoms with Gasteiger partial charge in [-0.2, -0.15) is 0 Å². The second kappa shape index (κ2) is 4.72. The average Bonchev–Trinajstić information content (AvgIpc) is 2.67. The van der Waals surface area contributed by atoms with Crippen molar-refractivity contribution in [1.82, 2.24) is 0 Å². The number of hydrogen-bond acceptors (Lipinski definition) is 3. The SMILES string of the molecule is Nc1ccsc1CNc1cccc(Cl)c1F. The van der Waals surface area contributed by atoms with Crippen LogP contribution in [0.25, 0.3) is 0 Å². The number of nitrogens with two attached hydrogens (primary N) is 1. The lowest BCUT2D eigenvalue weighted by atomic mass is 10.3. The number of thiophene rings is 1. The van der Waals surface area contributed by atoms with Crippen LogP contribution in [-0.4, -0.2) is 0 Å². The smallest absolute Gasteiger partial charge is 0.164 e. The molecule has 1 heterocycles. The van der Waals surface area contributed by atoms with Gasteiger partial charge in [-0.3, -0.25) is 0 Å². The van der Waals surface area contributed by atoms with Crippen LogP contribution in [0, 0.1) is 5.82 Å². The van der Waals surface area contributed by atoms with Crippen molar-refractivity contribution in [2.45, 2.75) is 6.54 Å². The van der Waals surface area contributed by atoms with Gasteiger partial charge in [0.1, 0.15) is 0 Å². The average molecular weight is 257 g/mol. The third-order valence-corrected chi connectivity index (χ3v) is 3.40. The topological polar surface area (TPSA) is 38.0 Å². The minimum Gasteiger partial charge on any atom is -0.398 e. The highest BCUT2D eigenvalue weighted by Crippen LogP contribution is 2.24. The van der Waals surface area contributed by atoms with Crippen molar-refractivity contribution in [3.63, 3.8) is 0 Å². The molecule has 0 saturated carbocycles. The fourth-order valence-corrected chi connectivity index (χ4v) is 2.22. The van der Waals surface area contributed by atoms with E-state index >= 15 is 0 Å². The van der Waals surface area contributed by atoms with Crippen LogP contribution >= 0.6 is 22.9 Å². The number of nitrogen functional groups attached to an aromatic ring is 1. The van der Waals surface area contributed by atoms with Crippen LogP contribution in [0.1, 0.15) is 4.88 Å². The predicted molar refractivity (Wildman–Crippen MR) is 67.5 cm³/mol. The Balaban J connectivity index is 2.11. The Morgan fingerprint density at radius 3 is 2.88 bits per heavy atom. The van der Waals surface area contributed by atoms with Gasteiger partial charge in [0.2, 0.25) is 0 Å². The molecule has 0 saturated heterocycles. The molecule has 2 nitrogen and oxygen atoms in total. The van der Waals surface area contributed by atoms with Gasteiger partial charge in [0, 0.05) is 10.6 Å². The minimum absolute atomic E-state index is 0.115. The van der Waals surface area contributed by atoms with Crippen molar-refractivity contribution >= 4 is 34.3 Å². The quantitative estimate of drug-likeness (QED) is 0.878. The largest absolute Gasteiger partial charge is 0.398 e. The molecule has 0 radical (unpaired) electrons. The van der Waals surface area contributed by atoms with Crippen molar-refractivity contribution in [2.24, 2.45) is 0 Å². The molecule has 0 bridgehead atoms. The molecule has 5 heteroatoms. The van der Waals surface area contributed by atoms with Gasteiger partial charge in [0.25, 0.3) is 0 Å². The Hall–Kier alpha value is -1.26. The molecule has 2 rings (SSSR count). The maximum Gasteiger partial charge on any atom is 0.164 e. The highest BCUT2D eigenvalue weighted by Gasteiger charge is 2.06. The van der Waals surface area contributed by atoms with Crippen molar-refractivity contribution in [3.05, 3.63) is 45.4 Å². The third-order valence-electron chi connectivity index (χ3n) is 2.17. The fourth-order valence-electron chi connectivity index (χ4n) is 1.31. The monoisotopic (exact) mass is 256 g/mol. The van der Waals surface area contributed by atoms with E-state index in [4.69, 9.17) is 17.3 Å². The van der Waals surface area contributed by atoms with E-state index in [9.17, 15) is 4.39 Å². The number of anilines is 2. The molecule has 2 aromatic rings. The Morgan fingerprint density at radius 2 is 2.19 bits per heavy atom. The predicted octanol–water partition coefficient (Wildman–Crippen LogP) is 3.73. The van der Waals surface area contributed by atoms with Crippen LogP contribution in [0.4, 0.5) is 15.8 Å². The maximum absolute atomic E-state index is 13.5. The van der Waals surface area contributed by atoms with E-state index < -0.39 is 5.82 Å². The van der Waals surface area contributed by atoms with E-state index in [-0.39, 0.29) is 5.02 Å². The highest BCUT2D eigenvalue weighted by atomic mass is 35.5. The van der Waals surface area contributed by atoms with E-state index in [1.165, 1.54) is 17.4 Å². The molecule has 1 aromatic heterocycles. The number of nitrogens with one attached hydrogen (secondary N) is 1. The minimum atomic E-state index is -0.431. The van der Waals surface area contributed by atoms with Gasteiger partial charge in [-0.1, -0.05) is 17.7 Å². The van der Waals surface area contributed by atoms with Crippen LogP contribution < -0.4 is 11.1 Å². The van der Waals surface area contributed by atoms with E-state index in [0.717, 1.165) is 10.6 Å². The summed E-state index contributed by atoms with van der Waals surface area (Å²) in [4.78, 5) is 0.986. The van der Waals surface area contributed by atoms with Gasteiger partial charge in [-0.05, 0) is 23.6 Å². The first kappa shape index (κ1) is 11.2. The van der Waals surface area contributed by atoms with Gasteiger partial charge >= 0.3 is 0 Å². The van der Waals surface area contributed by atoms with E-state index in [1.807, 2.05) is 11.4 Å². The van der Waals surface area contributed by atoms with Gasteiger partial charge < -0.3 is 11.1 Å². The molecule has 0 aliphatic carbocycles. The van der Waals surface area contributed by atoms with Gasteiger partial charge in [0.15, 0.2) is 5.82 Å². The summed E-state index contributed by atoms with van der Waals surface area (Å²) in [6.07, 6.45) is 0. The van der Waals surface area contributed by atoms with Gasteiger partial charge in [-0.25, -0.2) is 4.39 Å². The number of hydrogen-bond donors (Lipinski definition) is 2. The molecule has 0 fully saturated rings. The number of halogens is 2. The summed E-state index contributed by atoms with van der Waals surface area (Å²) in [5, 5.41) is 4.99. The Morgan fingerprint density at radius 1 is 1.38 bits per heavy atom. The summed E-state index contributed by atoms with van der Waals surface area (Å²) in [6, 6.07) is 6.69. The maximum atomic E-state index is 13.5. The molecule has 0 amide bonds. The van der Waals surface area contributed by atoms with Crippen molar-refractivity contribution < 1.29 is 4.39 Å². The Labute approximate surface area is 102 Å². The molecule has 0 unspecified atom stereocenters. The van der Waals surface area contributed by atoms with Crippen LogP contribution in [0.15, 0.2) is 29.6 Å². The summed E-state index contributed by atoms with van der Waals surface area (Å²) < 4.78 is 13.5. The summed E-state index contributed by atoms with van der Waals surface area (Å²) in [5.74, 6) is -0.431.